The largest absolute Gasteiger partial charge is 0.370 e. The zero-order valence-electron chi connectivity index (χ0n) is 12.0. The number of rotatable bonds is 7. The molecule has 0 unspecified atom stereocenters. The molecule has 0 amide bonds. The highest BCUT2D eigenvalue weighted by atomic mass is 15.1. The van der Waals surface area contributed by atoms with E-state index < -0.39 is 0 Å². The molecule has 3 N–H and O–H groups in total. The Hall–Kier alpha value is -1.36. The van der Waals surface area contributed by atoms with Crippen molar-refractivity contribution < 1.29 is 0 Å². The predicted molar refractivity (Wildman–Crippen MR) is 76.8 cm³/mol. The van der Waals surface area contributed by atoms with Gasteiger partial charge in [-0.25, -0.2) is 4.98 Å². The van der Waals surface area contributed by atoms with E-state index in [1.54, 1.807) is 0 Å². The third kappa shape index (κ3) is 4.14. The maximum Gasteiger partial charge on any atom is 0.222 e. The maximum absolute atomic E-state index is 5.65. The Labute approximate surface area is 110 Å². The summed E-state index contributed by atoms with van der Waals surface area (Å²) in [5.74, 6) is 1.20. The molecule has 5 heteroatoms. The molecular formula is C13H25N5. The van der Waals surface area contributed by atoms with Crippen LogP contribution in [0, 0.1) is 13.8 Å². The van der Waals surface area contributed by atoms with Crippen LogP contribution in [0.2, 0.25) is 0 Å². The van der Waals surface area contributed by atoms with Crippen molar-refractivity contribution >= 4 is 11.8 Å². The van der Waals surface area contributed by atoms with Gasteiger partial charge in [0.2, 0.25) is 5.95 Å². The molecule has 0 aliphatic heterocycles. The van der Waals surface area contributed by atoms with Gasteiger partial charge in [-0.1, -0.05) is 13.8 Å². The summed E-state index contributed by atoms with van der Waals surface area (Å²) in [6.45, 7) is 12.6. The Balaban J connectivity index is 2.44. The van der Waals surface area contributed by atoms with E-state index in [4.69, 9.17) is 5.73 Å². The van der Waals surface area contributed by atoms with Gasteiger partial charge in [-0.2, -0.15) is 4.98 Å². The van der Waals surface area contributed by atoms with Crippen molar-refractivity contribution in [2.45, 2.75) is 34.1 Å². The molecule has 1 aromatic rings. The van der Waals surface area contributed by atoms with Gasteiger partial charge in [0.1, 0.15) is 5.82 Å². The molecule has 0 atom stereocenters. The number of nitrogens with zero attached hydrogens (tertiary/aromatic N) is 3. The molecule has 0 bridgehead atoms. The zero-order valence-corrected chi connectivity index (χ0v) is 12.0. The molecule has 1 rings (SSSR count). The van der Waals surface area contributed by atoms with Gasteiger partial charge in [-0.05, 0) is 39.9 Å². The molecule has 1 heterocycles. The summed E-state index contributed by atoms with van der Waals surface area (Å²) in [5.41, 5.74) is 7.67. The topological polar surface area (TPSA) is 67.1 Å². The average Bonchev–Trinajstić information content (AvgIpc) is 2.35. The Morgan fingerprint density at radius 3 is 2.44 bits per heavy atom. The van der Waals surface area contributed by atoms with Crippen LogP contribution in [0.15, 0.2) is 0 Å². The van der Waals surface area contributed by atoms with Crippen LogP contribution in [0.25, 0.3) is 0 Å². The number of anilines is 2. The second kappa shape index (κ2) is 7.16. The maximum atomic E-state index is 5.65. The fourth-order valence-electron chi connectivity index (χ4n) is 1.87. The van der Waals surface area contributed by atoms with Crippen molar-refractivity contribution in [3.63, 3.8) is 0 Å². The lowest BCUT2D eigenvalue weighted by Gasteiger charge is -2.18. The van der Waals surface area contributed by atoms with Crippen LogP contribution in [0.5, 0.6) is 0 Å². The van der Waals surface area contributed by atoms with E-state index in [2.05, 4.69) is 34.0 Å². The third-order valence-corrected chi connectivity index (χ3v) is 3.24. The van der Waals surface area contributed by atoms with Gasteiger partial charge in [0.05, 0.1) is 0 Å². The first-order valence-corrected chi connectivity index (χ1v) is 6.65. The molecule has 18 heavy (non-hydrogen) atoms. The molecule has 1 aromatic heterocycles. The quantitative estimate of drug-likeness (QED) is 0.724. The van der Waals surface area contributed by atoms with Gasteiger partial charge in [0.25, 0.3) is 0 Å². The number of aromatic nitrogens is 2. The summed E-state index contributed by atoms with van der Waals surface area (Å²) in [6, 6.07) is 0. The molecule has 0 aliphatic rings. The third-order valence-electron chi connectivity index (χ3n) is 3.24. The molecule has 0 fully saturated rings. The van der Waals surface area contributed by atoms with Crippen LogP contribution < -0.4 is 11.1 Å². The minimum atomic E-state index is 0.337. The zero-order chi connectivity index (χ0) is 13.5. The first-order valence-electron chi connectivity index (χ1n) is 6.65. The highest BCUT2D eigenvalue weighted by molar-refractivity contribution is 5.48. The normalized spacial score (nSPS) is 10.9. The van der Waals surface area contributed by atoms with E-state index in [-0.39, 0.29) is 0 Å². The van der Waals surface area contributed by atoms with Crippen LogP contribution >= 0.6 is 0 Å². The van der Waals surface area contributed by atoms with Crippen LogP contribution in [0.1, 0.15) is 31.5 Å². The van der Waals surface area contributed by atoms with Crippen LogP contribution in [0.3, 0.4) is 0 Å². The lowest BCUT2D eigenvalue weighted by atomic mass is 10.2. The summed E-state index contributed by atoms with van der Waals surface area (Å²) in [4.78, 5) is 10.8. The SMILES string of the molecule is CCN(CC)CCCNc1nc(N)nc(C)c1C. The van der Waals surface area contributed by atoms with E-state index in [1.165, 1.54) is 0 Å². The summed E-state index contributed by atoms with van der Waals surface area (Å²) in [5, 5.41) is 3.34. The fraction of sp³-hybridized carbons (Fsp3) is 0.692. The minimum Gasteiger partial charge on any atom is -0.370 e. The fourth-order valence-corrected chi connectivity index (χ4v) is 1.87. The van der Waals surface area contributed by atoms with Crippen molar-refractivity contribution in [3.05, 3.63) is 11.3 Å². The number of aryl methyl sites for hydroxylation is 1. The van der Waals surface area contributed by atoms with Crippen molar-refractivity contribution in [1.29, 1.82) is 0 Å². The summed E-state index contributed by atoms with van der Waals surface area (Å²) in [7, 11) is 0. The summed E-state index contributed by atoms with van der Waals surface area (Å²) < 4.78 is 0. The van der Waals surface area contributed by atoms with E-state index >= 15 is 0 Å². The minimum absolute atomic E-state index is 0.337. The molecule has 0 saturated carbocycles. The van der Waals surface area contributed by atoms with Gasteiger partial charge in [-0.15, -0.1) is 0 Å². The van der Waals surface area contributed by atoms with Crippen LogP contribution in [-0.2, 0) is 0 Å². The summed E-state index contributed by atoms with van der Waals surface area (Å²) >= 11 is 0. The number of nitrogen functional groups attached to an aromatic ring is 1. The van der Waals surface area contributed by atoms with E-state index in [9.17, 15) is 0 Å². The van der Waals surface area contributed by atoms with E-state index in [0.717, 1.165) is 49.7 Å². The average molecular weight is 251 g/mol. The highest BCUT2D eigenvalue weighted by Gasteiger charge is 2.05. The highest BCUT2D eigenvalue weighted by Crippen LogP contribution is 2.15. The number of nitrogens with one attached hydrogen (secondary N) is 1. The second-order valence-electron chi connectivity index (χ2n) is 4.45. The van der Waals surface area contributed by atoms with E-state index in [0.29, 0.717) is 5.95 Å². The van der Waals surface area contributed by atoms with Gasteiger partial charge in [-0.3, -0.25) is 0 Å². The smallest absolute Gasteiger partial charge is 0.222 e. The van der Waals surface area contributed by atoms with Gasteiger partial charge in [0, 0.05) is 17.8 Å². The molecule has 0 spiro atoms. The van der Waals surface area contributed by atoms with Crippen molar-refractivity contribution in [3.8, 4) is 0 Å². The molecule has 0 aromatic carbocycles. The first-order chi connectivity index (χ1) is 8.58. The van der Waals surface area contributed by atoms with Gasteiger partial charge in [0.15, 0.2) is 0 Å². The number of hydrogen-bond donors (Lipinski definition) is 2. The lowest BCUT2D eigenvalue weighted by molar-refractivity contribution is 0.303. The number of nitrogens with two attached hydrogens (primary N) is 1. The predicted octanol–water partition coefficient (Wildman–Crippen LogP) is 1.82. The van der Waals surface area contributed by atoms with Gasteiger partial charge >= 0.3 is 0 Å². The molecule has 0 aliphatic carbocycles. The van der Waals surface area contributed by atoms with Crippen molar-refractivity contribution in [2.75, 3.05) is 37.2 Å². The molecule has 0 saturated heterocycles. The molecule has 5 nitrogen and oxygen atoms in total. The molecule has 102 valence electrons. The molecular weight excluding hydrogens is 226 g/mol. The Bertz CT molecular complexity index is 374. The Morgan fingerprint density at radius 1 is 1.17 bits per heavy atom. The van der Waals surface area contributed by atoms with Crippen LogP contribution in [0.4, 0.5) is 11.8 Å². The Morgan fingerprint density at radius 2 is 1.83 bits per heavy atom. The first kappa shape index (κ1) is 14.7. The molecule has 0 radical (unpaired) electrons. The Kier molecular flexibility index (Phi) is 5.85. The lowest BCUT2D eigenvalue weighted by Crippen LogP contribution is -2.25. The van der Waals surface area contributed by atoms with Crippen LogP contribution in [-0.4, -0.2) is 41.0 Å². The monoisotopic (exact) mass is 251 g/mol. The van der Waals surface area contributed by atoms with E-state index in [1.807, 2.05) is 13.8 Å². The second-order valence-corrected chi connectivity index (χ2v) is 4.45. The number of hydrogen-bond acceptors (Lipinski definition) is 5. The standard InChI is InChI=1S/C13H25N5/c1-5-18(6-2)9-7-8-15-12-10(3)11(4)16-13(14)17-12/h5-9H2,1-4H3,(H3,14,15,16,17). The van der Waals surface area contributed by atoms with Crippen molar-refractivity contribution in [1.82, 2.24) is 14.9 Å². The summed E-state index contributed by atoms with van der Waals surface area (Å²) in [6.07, 6.45) is 1.10. The van der Waals surface area contributed by atoms with Gasteiger partial charge < -0.3 is 16.0 Å². The van der Waals surface area contributed by atoms with Crippen molar-refractivity contribution in [2.24, 2.45) is 0 Å².